The zero-order valence-electron chi connectivity index (χ0n) is 16.6. The van der Waals surface area contributed by atoms with Gasteiger partial charge in [-0.15, -0.1) is 0 Å². The Morgan fingerprint density at radius 3 is 2.32 bits per heavy atom. The lowest BCUT2D eigenvalue weighted by Gasteiger charge is -2.30. The highest BCUT2D eigenvalue weighted by molar-refractivity contribution is 6.30. The predicted molar refractivity (Wildman–Crippen MR) is 114 cm³/mol. The van der Waals surface area contributed by atoms with Crippen molar-refractivity contribution < 1.29 is 14.3 Å². The van der Waals surface area contributed by atoms with Gasteiger partial charge in [-0.25, -0.2) is 0 Å². The fourth-order valence-corrected chi connectivity index (χ4v) is 3.72. The number of rotatable bonds is 6. The maximum atomic E-state index is 12.9. The number of ether oxygens (including phenoxy) is 2. The summed E-state index contributed by atoms with van der Waals surface area (Å²) in [7, 11) is 5.37. The number of piperidine rings is 1. The second-order valence-electron chi connectivity index (χ2n) is 7.12. The van der Waals surface area contributed by atoms with Crippen LogP contribution in [0, 0.1) is 0 Å². The minimum atomic E-state index is -0.0939. The number of halogens is 1. The van der Waals surface area contributed by atoms with Crippen LogP contribution in [0.4, 0.5) is 0 Å². The monoisotopic (exact) mass is 399 g/mol. The fourth-order valence-electron chi connectivity index (χ4n) is 3.59. The lowest BCUT2D eigenvalue weighted by molar-refractivity contribution is 0.104. The Morgan fingerprint density at radius 2 is 1.71 bits per heavy atom. The van der Waals surface area contributed by atoms with Crippen LogP contribution in [0.25, 0.3) is 6.08 Å². The Labute approximate surface area is 171 Å². The highest BCUT2D eigenvalue weighted by Gasteiger charge is 2.24. The zero-order valence-corrected chi connectivity index (χ0v) is 17.3. The lowest BCUT2D eigenvalue weighted by Crippen LogP contribution is -2.29. The average Bonchev–Trinajstić information content (AvgIpc) is 2.72. The van der Waals surface area contributed by atoms with Gasteiger partial charge in [0.1, 0.15) is 11.5 Å². The van der Waals surface area contributed by atoms with Crippen molar-refractivity contribution in [2.24, 2.45) is 0 Å². The van der Waals surface area contributed by atoms with E-state index in [2.05, 4.69) is 11.9 Å². The van der Waals surface area contributed by atoms with Crippen molar-refractivity contribution in [1.29, 1.82) is 0 Å². The molecule has 1 aliphatic rings. The molecule has 1 fully saturated rings. The van der Waals surface area contributed by atoms with Gasteiger partial charge in [-0.3, -0.25) is 4.79 Å². The molecule has 0 saturated carbocycles. The van der Waals surface area contributed by atoms with Crippen molar-refractivity contribution in [3.8, 4) is 11.5 Å². The maximum absolute atomic E-state index is 12.9. The van der Waals surface area contributed by atoms with Crippen LogP contribution in [0.3, 0.4) is 0 Å². The van der Waals surface area contributed by atoms with Gasteiger partial charge in [0, 0.05) is 11.1 Å². The van der Waals surface area contributed by atoms with Crippen LogP contribution in [0.5, 0.6) is 11.5 Å². The van der Waals surface area contributed by atoms with E-state index in [4.69, 9.17) is 21.1 Å². The van der Waals surface area contributed by atoms with Crippen LogP contribution in [0.2, 0.25) is 5.02 Å². The second kappa shape index (κ2) is 9.26. The van der Waals surface area contributed by atoms with Crippen LogP contribution >= 0.6 is 11.6 Å². The van der Waals surface area contributed by atoms with E-state index >= 15 is 0 Å². The molecule has 0 amide bonds. The van der Waals surface area contributed by atoms with Crippen LogP contribution in [-0.4, -0.2) is 45.0 Å². The number of ketones is 1. The smallest absolute Gasteiger partial charge is 0.189 e. The summed E-state index contributed by atoms with van der Waals surface area (Å²) in [5.41, 5.74) is 2.56. The number of carbonyl (C=O) groups is 1. The quantitative estimate of drug-likeness (QED) is 0.502. The molecule has 4 nitrogen and oxygen atoms in total. The minimum absolute atomic E-state index is 0.0939. The predicted octanol–water partition coefficient (Wildman–Crippen LogP) is 5.06. The molecule has 0 atom stereocenters. The Hall–Kier alpha value is -2.30. The van der Waals surface area contributed by atoms with E-state index in [9.17, 15) is 4.79 Å². The van der Waals surface area contributed by atoms with E-state index in [0.29, 0.717) is 22.3 Å². The molecule has 1 aliphatic heterocycles. The number of methoxy groups -OCH3 is 2. The van der Waals surface area contributed by atoms with E-state index < -0.39 is 0 Å². The first-order valence-electron chi connectivity index (χ1n) is 9.44. The lowest BCUT2D eigenvalue weighted by atomic mass is 9.87. The summed E-state index contributed by atoms with van der Waals surface area (Å²) >= 11 is 5.92. The molecule has 2 aromatic rings. The number of hydrogen-bond donors (Lipinski definition) is 0. The highest BCUT2D eigenvalue weighted by atomic mass is 35.5. The van der Waals surface area contributed by atoms with Gasteiger partial charge in [-0.1, -0.05) is 29.8 Å². The van der Waals surface area contributed by atoms with Crippen molar-refractivity contribution in [2.45, 2.75) is 18.8 Å². The Morgan fingerprint density at radius 1 is 1.07 bits per heavy atom. The van der Waals surface area contributed by atoms with Gasteiger partial charge in [0.2, 0.25) is 0 Å². The summed E-state index contributed by atoms with van der Waals surface area (Å²) in [6, 6.07) is 11.1. The molecule has 5 heteroatoms. The number of nitrogens with zero attached hydrogens (tertiary/aromatic N) is 1. The molecular weight excluding hydrogens is 374 g/mol. The molecule has 1 heterocycles. The number of likely N-dealkylation sites (tertiary alicyclic amines) is 1. The molecule has 28 heavy (non-hydrogen) atoms. The average molecular weight is 400 g/mol. The molecule has 2 aromatic carbocycles. The van der Waals surface area contributed by atoms with Crippen molar-refractivity contribution in [3.63, 3.8) is 0 Å². The third-order valence-corrected chi connectivity index (χ3v) is 5.52. The van der Waals surface area contributed by atoms with Crippen molar-refractivity contribution in [2.75, 3.05) is 34.4 Å². The highest BCUT2D eigenvalue weighted by Crippen LogP contribution is 2.38. The maximum Gasteiger partial charge on any atom is 0.189 e. The van der Waals surface area contributed by atoms with E-state index in [-0.39, 0.29) is 5.78 Å². The molecule has 0 radical (unpaired) electrons. The van der Waals surface area contributed by atoms with Crippen molar-refractivity contribution in [3.05, 3.63) is 64.2 Å². The van der Waals surface area contributed by atoms with Crippen LogP contribution in [0.15, 0.2) is 42.5 Å². The van der Waals surface area contributed by atoms with Crippen LogP contribution in [0.1, 0.15) is 40.2 Å². The summed E-state index contributed by atoms with van der Waals surface area (Å²) in [6.07, 6.45) is 5.46. The van der Waals surface area contributed by atoms with E-state index in [1.807, 2.05) is 24.3 Å². The Kier molecular flexibility index (Phi) is 6.76. The largest absolute Gasteiger partial charge is 0.496 e. The summed E-state index contributed by atoms with van der Waals surface area (Å²) in [6.45, 7) is 2.08. The summed E-state index contributed by atoms with van der Waals surface area (Å²) in [5.74, 6) is 1.59. The van der Waals surface area contributed by atoms with Crippen molar-refractivity contribution >= 4 is 23.5 Å². The van der Waals surface area contributed by atoms with E-state index in [1.165, 1.54) is 0 Å². The molecule has 1 saturated heterocycles. The molecule has 0 aromatic heterocycles. The van der Waals surface area contributed by atoms with Gasteiger partial charge in [0.05, 0.1) is 19.8 Å². The number of carbonyl (C=O) groups excluding carboxylic acids is 1. The second-order valence-corrected chi connectivity index (χ2v) is 7.56. The first-order valence-corrected chi connectivity index (χ1v) is 9.82. The van der Waals surface area contributed by atoms with Gasteiger partial charge in [-0.05, 0) is 74.3 Å². The molecule has 148 valence electrons. The minimum Gasteiger partial charge on any atom is -0.496 e. The molecule has 0 N–H and O–H groups in total. The summed E-state index contributed by atoms with van der Waals surface area (Å²) in [4.78, 5) is 15.2. The standard InChI is InChI=1S/C23H26ClNO3/c1-25-12-10-17(11-13-25)19-14-20(23(28-3)15-22(19)27-2)21(26)9-6-16-4-7-18(24)8-5-16/h4-9,14-15,17H,10-13H2,1-3H3/b9-6+. The number of benzene rings is 2. The van der Waals surface area contributed by atoms with Crippen molar-refractivity contribution in [1.82, 2.24) is 4.90 Å². The Bertz CT molecular complexity index is 853. The van der Waals surface area contributed by atoms with Gasteiger partial charge >= 0.3 is 0 Å². The van der Waals surface area contributed by atoms with Gasteiger partial charge in [0.15, 0.2) is 5.78 Å². The molecule has 0 aliphatic carbocycles. The first-order chi connectivity index (χ1) is 13.5. The number of hydrogen-bond acceptors (Lipinski definition) is 4. The summed E-state index contributed by atoms with van der Waals surface area (Å²) < 4.78 is 11.1. The zero-order chi connectivity index (χ0) is 20.1. The topological polar surface area (TPSA) is 38.8 Å². The number of allylic oxidation sites excluding steroid dienone is 1. The molecule has 3 rings (SSSR count). The van der Waals surface area contributed by atoms with Crippen LogP contribution in [-0.2, 0) is 0 Å². The third kappa shape index (κ3) is 4.75. The SMILES string of the molecule is COc1cc(OC)c(C2CCN(C)CC2)cc1C(=O)/C=C/c1ccc(Cl)cc1. The molecule has 0 unspecified atom stereocenters. The fraction of sp³-hybridized carbons (Fsp3) is 0.348. The molecular formula is C23H26ClNO3. The van der Waals surface area contributed by atoms with E-state index in [0.717, 1.165) is 42.8 Å². The van der Waals surface area contributed by atoms with Gasteiger partial charge in [-0.2, -0.15) is 0 Å². The van der Waals surface area contributed by atoms with Crippen LogP contribution < -0.4 is 9.47 Å². The summed E-state index contributed by atoms with van der Waals surface area (Å²) in [5, 5.41) is 0.670. The van der Waals surface area contributed by atoms with Gasteiger partial charge < -0.3 is 14.4 Å². The normalized spacial score (nSPS) is 15.7. The van der Waals surface area contributed by atoms with Gasteiger partial charge in [0.25, 0.3) is 0 Å². The van der Waals surface area contributed by atoms with E-state index in [1.54, 1.807) is 38.5 Å². The first kappa shape index (κ1) is 20.4. The third-order valence-electron chi connectivity index (χ3n) is 5.27. The molecule has 0 bridgehead atoms. The Balaban J connectivity index is 1.91. The molecule has 0 spiro atoms.